The zero-order valence-corrected chi connectivity index (χ0v) is 16.6. The maximum Gasteiger partial charge on any atom is 0.236 e. The van der Waals surface area contributed by atoms with Gasteiger partial charge in [0.05, 0.1) is 25.9 Å². The number of fused-ring (bicyclic) bond motifs is 4. The topological polar surface area (TPSA) is 80.9 Å². The van der Waals surface area contributed by atoms with Gasteiger partial charge in [0, 0.05) is 5.56 Å². The van der Waals surface area contributed by atoms with Crippen LogP contribution < -0.4 is 30.2 Å². The van der Waals surface area contributed by atoms with Gasteiger partial charge in [0.1, 0.15) is 11.7 Å². The first-order chi connectivity index (χ1) is 13.5. The van der Waals surface area contributed by atoms with Gasteiger partial charge in [-0.1, -0.05) is 24.3 Å². The van der Waals surface area contributed by atoms with E-state index in [-0.39, 0.29) is 11.9 Å². The molecule has 1 amide bonds. The fourth-order valence-corrected chi connectivity index (χ4v) is 4.18. The summed E-state index contributed by atoms with van der Waals surface area (Å²) < 4.78 is 17.0. The summed E-state index contributed by atoms with van der Waals surface area (Å²) in [5.74, 6) is 0.980. The molecule has 0 unspecified atom stereocenters. The van der Waals surface area contributed by atoms with E-state index in [0.29, 0.717) is 28.0 Å². The summed E-state index contributed by atoms with van der Waals surface area (Å²) in [5, 5.41) is 9.72. The molecule has 3 atom stereocenters. The average Bonchev–Trinajstić information content (AvgIpc) is 2.66. The molecular formula is C20H21N3O4S. The van der Waals surface area contributed by atoms with Crippen LogP contribution in [0.15, 0.2) is 42.5 Å². The molecule has 0 aliphatic carbocycles. The highest BCUT2D eigenvalue weighted by molar-refractivity contribution is 7.80. The summed E-state index contributed by atoms with van der Waals surface area (Å²) >= 11 is 5.35. The highest BCUT2D eigenvalue weighted by Crippen LogP contribution is 2.49. The van der Waals surface area contributed by atoms with Crippen molar-refractivity contribution in [3.8, 4) is 17.2 Å². The van der Waals surface area contributed by atoms with Crippen LogP contribution >= 0.6 is 12.2 Å². The highest BCUT2D eigenvalue weighted by atomic mass is 32.1. The van der Waals surface area contributed by atoms with Crippen LogP contribution in [0, 0.1) is 5.92 Å². The third-order valence-corrected chi connectivity index (χ3v) is 5.32. The molecule has 2 aromatic rings. The van der Waals surface area contributed by atoms with Gasteiger partial charge < -0.3 is 30.2 Å². The minimum atomic E-state index is -1.04. The molecule has 0 aromatic heterocycles. The summed E-state index contributed by atoms with van der Waals surface area (Å²) in [5.41, 5.74) is 0.373. The van der Waals surface area contributed by atoms with Crippen molar-refractivity contribution in [1.29, 1.82) is 0 Å². The Labute approximate surface area is 168 Å². The molecule has 0 saturated carbocycles. The minimum absolute atomic E-state index is 0.215. The highest BCUT2D eigenvalue weighted by Gasteiger charge is 2.55. The number of ether oxygens (including phenoxy) is 3. The number of anilines is 1. The molecule has 28 heavy (non-hydrogen) atoms. The molecule has 2 aliphatic rings. The Hall–Kier alpha value is -3.00. The molecule has 146 valence electrons. The number of carbonyl (C=O) groups excluding carboxylic acids is 1. The third-order valence-electron chi connectivity index (χ3n) is 5.10. The van der Waals surface area contributed by atoms with E-state index < -0.39 is 11.6 Å². The molecular weight excluding hydrogens is 378 g/mol. The van der Waals surface area contributed by atoms with E-state index in [9.17, 15) is 4.79 Å². The SMILES string of the molecule is COc1ccccc1NC(=O)[C@@H]1[C@H]2NC(=S)N[C@@]1(C)Oc1c(OC)cccc12. The molecule has 0 radical (unpaired) electrons. The number of hydrogen-bond donors (Lipinski definition) is 3. The van der Waals surface area contributed by atoms with Crippen molar-refractivity contribution >= 4 is 28.9 Å². The predicted molar refractivity (Wildman–Crippen MR) is 109 cm³/mol. The fraction of sp³-hybridized carbons (Fsp3) is 0.300. The van der Waals surface area contributed by atoms with Crippen molar-refractivity contribution in [2.75, 3.05) is 19.5 Å². The monoisotopic (exact) mass is 399 g/mol. The van der Waals surface area contributed by atoms with Gasteiger partial charge in [-0.3, -0.25) is 4.79 Å². The van der Waals surface area contributed by atoms with Crippen LogP contribution in [0.5, 0.6) is 17.2 Å². The van der Waals surface area contributed by atoms with Crippen LogP contribution in [0.4, 0.5) is 5.69 Å². The zero-order valence-electron chi connectivity index (χ0n) is 15.7. The number of thiocarbonyl (C=S) groups is 1. The van der Waals surface area contributed by atoms with E-state index in [4.69, 9.17) is 26.4 Å². The molecule has 1 fully saturated rings. The van der Waals surface area contributed by atoms with Crippen molar-refractivity contribution in [2.24, 2.45) is 5.92 Å². The second kappa shape index (κ2) is 6.87. The van der Waals surface area contributed by atoms with Crippen LogP contribution in [0.2, 0.25) is 0 Å². The van der Waals surface area contributed by atoms with Gasteiger partial charge in [0.25, 0.3) is 0 Å². The van der Waals surface area contributed by atoms with Gasteiger partial charge in [-0.2, -0.15) is 0 Å². The molecule has 4 rings (SSSR count). The number of rotatable bonds is 4. The Bertz CT molecular complexity index is 951. The van der Waals surface area contributed by atoms with Crippen LogP contribution in [0.25, 0.3) is 0 Å². The number of amides is 1. The Morgan fingerprint density at radius 1 is 1.14 bits per heavy atom. The Morgan fingerprint density at radius 2 is 1.86 bits per heavy atom. The normalized spacial score (nSPS) is 24.8. The van der Waals surface area contributed by atoms with Crippen LogP contribution in [0.3, 0.4) is 0 Å². The smallest absolute Gasteiger partial charge is 0.236 e. The molecule has 1 saturated heterocycles. The van der Waals surface area contributed by atoms with Crippen LogP contribution in [-0.2, 0) is 4.79 Å². The van der Waals surface area contributed by atoms with Crippen molar-refractivity contribution in [1.82, 2.24) is 10.6 Å². The van der Waals surface area contributed by atoms with Gasteiger partial charge in [0.15, 0.2) is 22.3 Å². The maximum absolute atomic E-state index is 13.3. The van der Waals surface area contributed by atoms with E-state index in [0.717, 1.165) is 5.56 Å². The fourth-order valence-electron chi connectivity index (χ4n) is 3.85. The van der Waals surface area contributed by atoms with Gasteiger partial charge in [-0.05, 0) is 37.3 Å². The first-order valence-corrected chi connectivity index (χ1v) is 9.26. The number of nitrogens with one attached hydrogen (secondary N) is 3. The third kappa shape index (κ3) is 2.90. The number of para-hydroxylation sites is 3. The summed E-state index contributed by atoms with van der Waals surface area (Å²) in [6.07, 6.45) is 0. The van der Waals surface area contributed by atoms with Crippen molar-refractivity contribution < 1.29 is 19.0 Å². The molecule has 2 bridgehead atoms. The largest absolute Gasteiger partial charge is 0.495 e. The summed E-state index contributed by atoms with van der Waals surface area (Å²) in [7, 11) is 3.15. The van der Waals surface area contributed by atoms with Crippen molar-refractivity contribution in [3.05, 3.63) is 48.0 Å². The second-order valence-electron chi connectivity index (χ2n) is 6.83. The number of methoxy groups -OCH3 is 2. The quantitative estimate of drug-likeness (QED) is 0.682. The van der Waals surface area contributed by atoms with Gasteiger partial charge in [-0.25, -0.2) is 0 Å². The number of carbonyl (C=O) groups is 1. The zero-order chi connectivity index (χ0) is 19.9. The predicted octanol–water partition coefficient (Wildman–Crippen LogP) is 2.59. The summed E-state index contributed by atoms with van der Waals surface area (Å²) in [6, 6.07) is 12.5. The number of benzene rings is 2. The van der Waals surface area contributed by atoms with Gasteiger partial charge >= 0.3 is 0 Å². The lowest BCUT2D eigenvalue weighted by atomic mass is 9.79. The standard InChI is InChI=1S/C20H21N3O4S/c1-20-15(18(24)21-12-8-4-5-9-13(12)25-2)16(22-19(28)23-20)11-7-6-10-14(26-3)17(11)27-20/h4-10,15-16H,1-3H3,(H,21,24)(H2,22,23,28)/t15-,16-,20-/m0/s1. The molecule has 2 aliphatic heterocycles. The molecule has 2 aromatic carbocycles. The first kappa shape index (κ1) is 18.4. The first-order valence-electron chi connectivity index (χ1n) is 8.85. The average molecular weight is 399 g/mol. The molecule has 7 nitrogen and oxygen atoms in total. The lowest BCUT2D eigenvalue weighted by Gasteiger charge is -2.50. The molecule has 3 N–H and O–H groups in total. The van der Waals surface area contributed by atoms with Gasteiger partial charge in [0.2, 0.25) is 5.91 Å². The van der Waals surface area contributed by atoms with E-state index in [2.05, 4.69) is 16.0 Å². The molecule has 0 spiro atoms. The summed E-state index contributed by atoms with van der Waals surface area (Å²) in [4.78, 5) is 13.3. The maximum atomic E-state index is 13.3. The summed E-state index contributed by atoms with van der Waals surface area (Å²) in [6.45, 7) is 1.81. The van der Waals surface area contributed by atoms with Crippen LogP contribution in [0.1, 0.15) is 18.5 Å². The van der Waals surface area contributed by atoms with E-state index in [1.807, 2.05) is 37.3 Å². The lowest BCUT2D eigenvalue weighted by Crippen LogP contribution is -2.70. The van der Waals surface area contributed by atoms with E-state index >= 15 is 0 Å². The number of hydrogen-bond acceptors (Lipinski definition) is 5. The molecule has 8 heteroatoms. The second-order valence-corrected chi connectivity index (χ2v) is 7.24. The van der Waals surface area contributed by atoms with Crippen molar-refractivity contribution in [2.45, 2.75) is 18.7 Å². The Kier molecular flexibility index (Phi) is 4.50. The van der Waals surface area contributed by atoms with Gasteiger partial charge in [-0.15, -0.1) is 0 Å². The lowest BCUT2D eigenvalue weighted by molar-refractivity contribution is -0.132. The van der Waals surface area contributed by atoms with Crippen LogP contribution in [-0.4, -0.2) is 31.0 Å². The Morgan fingerprint density at radius 3 is 2.61 bits per heavy atom. The molecule has 2 heterocycles. The minimum Gasteiger partial charge on any atom is -0.495 e. The van der Waals surface area contributed by atoms with E-state index in [1.54, 1.807) is 26.4 Å². The van der Waals surface area contributed by atoms with Crippen molar-refractivity contribution in [3.63, 3.8) is 0 Å². The van der Waals surface area contributed by atoms with E-state index in [1.165, 1.54) is 0 Å². The Balaban J connectivity index is 1.74.